The van der Waals surface area contributed by atoms with Crippen LogP contribution < -0.4 is 14.5 Å². The van der Waals surface area contributed by atoms with Crippen LogP contribution >= 0.6 is 0 Å². The maximum absolute atomic E-state index is 14.3. The van der Waals surface area contributed by atoms with Crippen molar-refractivity contribution in [3.05, 3.63) is 90.5 Å². The molecule has 212 valence electrons. The van der Waals surface area contributed by atoms with Gasteiger partial charge in [0.1, 0.15) is 5.75 Å². The predicted molar refractivity (Wildman–Crippen MR) is 159 cm³/mol. The molecule has 3 heterocycles. The van der Waals surface area contributed by atoms with Gasteiger partial charge in [-0.15, -0.1) is 6.58 Å². The van der Waals surface area contributed by atoms with Gasteiger partial charge in [0.25, 0.3) is 11.8 Å². The molecule has 41 heavy (non-hydrogen) atoms. The number of benzene rings is 3. The zero-order valence-electron chi connectivity index (χ0n) is 23.4. The van der Waals surface area contributed by atoms with E-state index in [9.17, 15) is 19.5 Å². The maximum Gasteiger partial charge on any atom is 0.266 e. The first-order valence-corrected chi connectivity index (χ1v) is 16.9. The van der Waals surface area contributed by atoms with Gasteiger partial charge in [0.2, 0.25) is 0 Å². The van der Waals surface area contributed by atoms with Crippen LogP contribution in [0.15, 0.2) is 79.4 Å². The summed E-state index contributed by atoms with van der Waals surface area (Å²) in [6.07, 6.45) is 1.49. The fraction of sp³-hybridized carbons (Fsp3) is 0.312. The average Bonchev–Trinajstić information content (AvgIpc) is 3.31. The van der Waals surface area contributed by atoms with E-state index < -0.39 is 20.0 Å². The second-order valence-corrected chi connectivity index (χ2v) is 15.5. The zero-order chi connectivity index (χ0) is 29.1. The Kier molecular flexibility index (Phi) is 6.65. The number of carbonyl (C=O) groups is 2. The minimum atomic E-state index is -2.83. The van der Waals surface area contributed by atoms with Crippen LogP contribution in [0.3, 0.4) is 0 Å². The van der Waals surface area contributed by atoms with E-state index in [1.165, 1.54) is 0 Å². The molecule has 2 N–H and O–H groups in total. The van der Waals surface area contributed by atoms with Gasteiger partial charge in [0.15, 0.2) is 19.7 Å². The van der Waals surface area contributed by atoms with Gasteiger partial charge in [-0.1, -0.05) is 37.3 Å². The van der Waals surface area contributed by atoms with Crippen LogP contribution in [0.25, 0.3) is 0 Å². The highest BCUT2D eigenvalue weighted by molar-refractivity contribution is 6.71. The average molecular weight is 571 g/mol. The number of aliphatic hydroxyl groups excluding tert-OH is 1. The topological polar surface area (TPSA) is 99.5 Å². The molecule has 9 heteroatoms. The monoisotopic (exact) mass is 570 g/mol. The molecule has 3 aromatic carbocycles. The van der Waals surface area contributed by atoms with Crippen molar-refractivity contribution in [1.82, 2.24) is 0 Å². The quantitative estimate of drug-likeness (QED) is 0.301. The summed E-state index contributed by atoms with van der Waals surface area (Å²) < 4.78 is 12.9. The van der Waals surface area contributed by atoms with Gasteiger partial charge in [-0.05, 0) is 62.0 Å². The van der Waals surface area contributed by atoms with Crippen molar-refractivity contribution in [3.63, 3.8) is 0 Å². The molecule has 0 aliphatic carbocycles. The summed E-state index contributed by atoms with van der Waals surface area (Å²) in [6.45, 7) is 9.67. The normalized spacial score (nSPS) is 25.0. The Balaban J connectivity index is 1.56. The number of rotatable bonds is 6. The fourth-order valence-corrected chi connectivity index (χ4v) is 9.58. The summed E-state index contributed by atoms with van der Waals surface area (Å²) in [5.74, 6) is 0.143. The van der Waals surface area contributed by atoms with Crippen molar-refractivity contribution in [2.45, 2.75) is 43.7 Å². The highest BCUT2D eigenvalue weighted by atomic mass is 28.4. The fourth-order valence-electron chi connectivity index (χ4n) is 6.98. The van der Waals surface area contributed by atoms with E-state index in [0.717, 1.165) is 0 Å². The molecule has 0 radical (unpaired) electrons. The van der Waals surface area contributed by atoms with Crippen LogP contribution in [0.2, 0.25) is 18.6 Å². The van der Waals surface area contributed by atoms with E-state index in [0.29, 0.717) is 46.1 Å². The van der Waals surface area contributed by atoms with Crippen LogP contribution in [0.4, 0.5) is 17.1 Å². The second kappa shape index (κ2) is 9.95. The van der Waals surface area contributed by atoms with E-state index in [2.05, 4.69) is 6.58 Å². The van der Waals surface area contributed by atoms with E-state index in [4.69, 9.17) is 9.47 Å². The summed E-state index contributed by atoms with van der Waals surface area (Å²) in [5, 5.41) is 9.86. The summed E-state index contributed by atoms with van der Waals surface area (Å²) in [5.41, 5.74) is 1.21. The Labute approximate surface area is 240 Å². The molecule has 0 unspecified atom stereocenters. The number of nitrogens with zero attached hydrogens (tertiary/aromatic N) is 2. The lowest BCUT2D eigenvalue weighted by molar-refractivity contribution is -0.146. The summed E-state index contributed by atoms with van der Waals surface area (Å²) >= 11 is 0. The van der Waals surface area contributed by atoms with Crippen molar-refractivity contribution in [1.29, 1.82) is 0 Å². The molecule has 3 aliphatic heterocycles. The van der Waals surface area contributed by atoms with Crippen LogP contribution in [-0.2, 0) is 15.1 Å². The van der Waals surface area contributed by atoms with Gasteiger partial charge in [0.05, 0.1) is 23.0 Å². The van der Waals surface area contributed by atoms with E-state index in [1.807, 2.05) is 68.5 Å². The van der Waals surface area contributed by atoms with Gasteiger partial charge in [-0.3, -0.25) is 14.5 Å². The molecule has 3 aliphatic rings. The van der Waals surface area contributed by atoms with Crippen LogP contribution in [-0.4, -0.2) is 49.3 Å². The number of amides is 2. The van der Waals surface area contributed by atoms with Gasteiger partial charge >= 0.3 is 0 Å². The van der Waals surface area contributed by atoms with Gasteiger partial charge < -0.3 is 24.3 Å². The lowest BCUT2D eigenvalue weighted by atomic mass is 9.82. The van der Waals surface area contributed by atoms with Crippen molar-refractivity contribution >= 4 is 37.2 Å². The number of ether oxygens (including phenoxy) is 2. The number of aliphatic hydroxyl groups is 1. The third-order valence-corrected chi connectivity index (χ3v) is 11.1. The highest BCUT2D eigenvalue weighted by Gasteiger charge is 2.66. The predicted octanol–water partition coefficient (Wildman–Crippen LogP) is 5.48. The third kappa shape index (κ3) is 4.06. The SMILES string of the molecule is C=CCN1C(=O)[C@]2(O[C@H](CCO)[C@@H]([Si](C)(C)O)[C@@H]2C)c2cc(N3C(=O)c4ccccc4Oc4ccccc43)ccc21. The van der Waals surface area contributed by atoms with E-state index in [-0.39, 0.29) is 36.4 Å². The molecule has 1 saturated heterocycles. The number of anilines is 3. The molecule has 4 atom stereocenters. The number of hydrogen-bond acceptors (Lipinski definition) is 6. The highest BCUT2D eigenvalue weighted by Crippen LogP contribution is 2.60. The van der Waals surface area contributed by atoms with Gasteiger partial charge in [0, 0.05) is 35.9 Å². The number of carbonyl (C=O) groups excluding carboxylic acids is 2. The van der Waals surface area contributed by atoms with Crippen molar-refractivity contribution in [2.24, 2.45) is 5.92 Å². The van der Waals surface area contributed by atoms with Crippen LogP contribution in [0.5, 0.6) is 11.5 Å². The first-order valence-electron chi connectivity index (χ1n) is 13.9. The molecule has 3 aromatic rings. The summed E-state index contributed by atoms with van der Waals surface area (Å²) in [4.78, 5) is 43.0. The standard InChI is InChI=1S/C32H34N2O6Si/c1-5-17-33-24-15-14-21(34-25-11-7-9-13-27(25)39-26-12-8-6-10-22(26)30(34)36)19-23(24)32(31(33)37)20(2)29(41(3,4)38)28(40-32)16-18-35/h5-15,19-20,28-29,35,38H,1,16-18H2,2-4H3/t20-,28+,29-,32+/m0/s1. The third-order valence-electron chi connectivity index (χ3n) is 8.60. The smallest absolute Gasteiger partial charge is 0.266 e. The lowest BCUT2D eigenvalue weighted by Gasteiger charge is -2.32. The van der Waals surface area contributed by atoms with Crippen molar-refractivity contribution in [2.75, 3.05) is 23.0 Å². The Hall–Kier alpha value is -3.76. The van der Waals surface area contributed by atoms with Gasteiger partial charge in [-0.2, -0.15) is 0 Å². The molecule has 0 bridgehead atoms. The number of hydrogen-bond donors (Lipinski definition) is 2. The molecule has 6 rings (SSSR count). The molecule has 1 fully saturated rings. The Bertz CT molecular complexity index is 1550. The van der Waals surface area contributed by atoms with Crippen molar-refractivity contribution in [3.8, 4) is 11.5 Å². The Morgan fingerprint density at radius 1 is 1.02 bits per heavy atom. The molecule has 8 nitrogen and oxygen atoms in total. The Morgan fingerprint density at radius 3 is 2.44 bits per heavy atom. The number of para-hydroxylation sites is 3. The lowest BCUT2D eigenvalue weighted by Crippen LogP contribution is -2.46. The van der Waals surface area contributed by atoms with Gasteiger partial charge in [-0.25, -0.2) is 0 Å². The van der Waals surface area contributed by atoms with Crippen LogP contribution in [0, 0.1) is 5.92 Å². The molecule has 2 amide bonds. The molecular weight excluding hydrogens is 536 g/mol. The minimum Gasteiger partial charge on any atom is -0.454 e. The first-order chi connectivity index (χ1) is 19.6. The first kappa shape index (κ1) is 27.4. The number of fused-ring (bicyclic) bond motifs is 4. The van der Waals surface area contributed by atoms with E-state index in [1.54, 1.807) is 34.1 Å². The maximum atomic E-state index is 14.3. The van der Waals surface area contributed by atoms with Crippen molar-refractivity contribution < 1.29 is 29.0 Å². The largest absolute Gasteiger partial charge is 0.454 e. The molecule has 1 spiro atoms. The van der Waals surface area contributed by atoms with E-state index >= 15 is 0 Å². The molecule has 0 saturated carbocycles. The summed E-state index contributed by atoms with van der Waals surface area (Å²) in [6, 6.07) is 20.0. The summed E-state index contributed by atoms with van der Waals surface area (Å²) in [7, 11) is -2.83. The molecule has 0 aromatic heterocycles. The molecular formula is C32H34N2O6Si. The van der Waals surface area contributed by atoms with Crippen LogP contribution in [0.1, 0.15) is 29.3 Å². The minimum absolute atomic E-state index is 0.121. The second-order valence-electron chi connectivity index (χ2n) is 11.5. The zero-order valence-corrected chi connectivity index (χ0v) is 24.4. The Morgan fingerprint density at radius 2 is 1.73 bits per heavy atom.